The van der Waals surface area contributed by atoms with E-state index in [0.29, 0.717) is 5.02 Å². The van der Waals surface area contributed by atoms with Gasteiger partial charge < -0.3 is 9.47 Å². The Balaban J connectivity index is 1.64. The molecule has 0 fully saturated rings. The van der Waals surface area contributed by atoms with Gasteiger partial charge in [0.15, 0.2) is 0 Å². The van der Waals surface area contributed by atoms with Gasteiger partial charge in [-0.05, 0) is 48.9 Å². The number of hydrazone groups is 1. The standard InChI is InChI=1S/C24H20BrClN2O2/c1-14-3-5-15(6-4-14)20-13-21-18-12-17(26)8-10-23(18)30-24(28(21)27-20)19-11-16(25)7-9-22(19)29-2/h3-12,21,24H,13H2,1-2H3. The van der Waals surface area contributed by atoms with E-state index in [1.165, 1.54) is 5.56 Å². The van der Waals surface area contributed by atoms with Gasteiger partial charge in [-0.15, -0.1) is 0 Å². The highest BCUT2D eigenvalue weighted by atomic mass is 79.9. The lowest BCUT2D eigenvalue weighted by Crippen LogP contribution is -2.34. The van der Waals surface area contributed by atoms with E-state index in [2.05, 4.69) is 47.1 Å². The van der Waals surface area contributed by atoms with Crippen LogP contribution < -0.4 is 9.47 Å². The van der Waals surface area contributed by atoms with Crippen LogP contribution >= 0.6 is 27.5 Å². The Morgan fingerprint density at radius 3 is 2.63 bits per heavy atom. The minimum absolute atomic E-state index is 0.0393. The Morgan fingerprint density at radius 1 is 1.07 bits per heavy atom. The molecule has 2 aliphatic heterocycles. The molecule has 0 saturated heterocycles. The Kier molecular flexibility index (Phi) is 4.95. The van der Waals surface area contributed by atoms with Gasteiger partial charge >= 0.3 is 0 Å². The Morgan fingerprint density at radius 2 is 1.87 bits per heavy atom. The second-order valence-corrected chi connectivity index (χ2v) is 8.90. The third-order valence-corrected chi connectivity index (χ3v) is 6.32. The van der Waals surface area contributed by atoms with Crippen molar-refractivity contribution < 1.29 is 9.47 Å². The lowest BCUT2D eigenvalue weighted by molar-refractivity contribution is -0.0203. The zero-order valence-electron chi connectivity index (χ0n) is 16.6. The van der Waals surface area contributed by atoms with E-state index in [-0.39, 0.29) is 6.04 Å². The zero-order chi connectivity index (χ0) is 20.8. The van der Waals surface area contributed by atoms with Crippen LogP contribution in [0.5, 0.6) is 11.5 Å². The van der Waals surface area contributed by atoms with Crippen molar-refractivity contribution in [2.75, 3.05) is 7.11 Å². The first-order chi connectivity index (χ1) is 14.5. The fraction of sp³-hybridized carbons (Fsp3) is 0.208. The fourth-order valence-electron chi connectivity index (χ4n) is 4.08. The SMILES string of the molecule is COc1ccc(Br)cc1C1Oc2ccc(Cl)cc2C2CC(c3ccc(C)cc3)=NN21. The summed E-state index contributed by atoms with van der Waals surface area (Å²) in [4.78, 5) is 0. The van der Waals surface area contributed by atoms with Gasteiger partial charge in [0, 0.05) is 21.5 Å². The summed E-state index contributed by atoms with van der Waals surface area (Å²) in [6.07, 6.45) is 0.381. The smallest absolute Gasteiger partial charge is 0.217 e. The maximum atomic E-state index is 6.45. The van der Waals surface area contributed by atoms with Gasteiger partial charge in [0.1, 0.15) is 11.5 Å². The highest BCUT2D eigenvalue weighted by Crippen LogP contribution is 2.49. The van der Waals surface area contributed by atoms with Crippen LogP contribution in [-0.2, 0) is 0 Å². The van der Waals surface area contributed by atoms with Crippen molar-refractivity contribution >= 4 is 33.2 Å². The van der Waals surface area contributed by atoms with Gasteiger partial charge in [-0.2, -0.15) is 5.10 Å². The number of fused-ring (bicyclic) bond motifs is 3. The predicted molar refractivity (Wildman–Crippen MR) is 122 cm³/mol. The molecule has 30 heavy (non-hydrogen) atoms. The van der Waals surface area contributed by atoms with E-state index in [9.17, 15) is 0 Å². The van der Waals surface area contributed by atoms with Crippen LogP contribution in [0.3, 0.4) is 0 Å². The van der Waals surface area contributed by atoms with Crippen LogP contribution in [0.4, 0.5) is 0 Å². The lowest BCUT2D eigenvalue weighted by Gasteiger charge is -2.38. The molecule has 0 aromatic heterocycles. The molecule has 3 aromatic carbocycles. The van der Waals surface area contributed by atoms with Crippen molar-refractivity contribution in [2.24, 2.45) is 5.10 Å². The monoisotopic (exact) mass is 482 g/mol. The molecule has 5 rings (SSSR count). The molecule has 0 radical (unpaired) electrons. The molecule has 0 N–H and O–H groups in total. The lowest BCUT2D eigenvalue weighted by atomic mass is 9.95. The molecule has 2 atom stereocenters. The molecule has 152 valence electrons. The molecule has 0 aliphatic carbocycles. The normalized spacial score (nSPS) is 19.6. The number of rotatable bonds is 3. The molecule has 2 unspecified atom stereocenters. The summed E-state index contributed by atoms with van der Waals surface area (Å²) in [5, 5.41) is 7.75. The maximum Gasteiger partial charge on any atom is 0.217 e. The largest absolute Gasteiger partial charge is 0.496 e. The van der Waals surface area contributed by atoms with Gasteiger partial charge in [0.2, 0.25) is 6.23 Å². The average molecular weight is 484 g/mol. The molecular formula is C24H20BrClN2O2. The van der Waals surface area contributed by atoms with Crippen LogP contribution in [0, 0.1) is 6.92 Å². The molecule has 3 aromatic rings. The summed E-state index contributed by atoms with van der Waals surface area (Å²) >= 11 is 9.90. The van der Waals surface area contributed by atoms with E-state index < -0.39 is 6.23 Å². The van der Waals surface area contributed by atoms with Crippen molar-refractivity contribution in [3.63, 3.8) is 0 Å². The van der Waals surface area contributed by atoms with Crippen LogP contribution in [-0.4, -0.2) is 17.8 Å². The Bertz CT molecular complexity index is 1150. The number of hydrogen-bond donors (Lipinski definition) is 0. The molecule has 4 nitrogen and oxygen atoms in total. The van der Waals surface area contributed by atoms with Crippen molar-refractivity contribution in [3.8, 4) is 11.5 Å². The molecule has 0 amide bonds. The van der Waals surface area contributed by atoms with Crippen molar-refractivity contribution in [3.05, 3.63) is 92.4 Å². The number of benzene rings is 3. The quantitative estimate of drug-likeness (QED) is 0.417. The number of ether oxygens (including phenoxy) is 2. The van der Waals surface area contributed by atoms with Gasteiger partial charge in [-0.1, -0.05) is 57.4 Å². The summed E-state index contributed by atoms with van der Waals surface area (Å²) in [5.74, 6) is 1.59. The molecule has 6 heteroatoms. The molecule has 2 heterocycles. The number of methoxy groups -OCH3 is 1. The van der Waals surface area contributed by atoms with Crippen LogP contribution in [0.25, 0.3) is 0 Å². The van der Waals surface area contributed by atoms with E-state index in [1.54, 1.807) is 7.11 Å². The zero-order valence-corrected chi connectivity index (χ0v) is 18.9. The molecular weight excluding hydrogens is 464 g/mol. The summed E-state index contributed by atoms with van der Waals surface area (Å²) in [7, 11) is 1.67. The van der Waals surface area contributed by atoms with Gasteiger partial charge in [-0.25, -0.2) is 5.01 Å². The average Bonchev–Trinajstić information content (AvgIpc) is 3.19. The topological polar surface area (TPSA) is 34.1 Å². The summed E-state index contributed by atoms with van der Waals surface area (Å²) in [6.45, 7) is 2.09. The van der Waals surface area contributed by atoms with Crippen molar-refractivity contribution in [1.82, 2.24) is 5.01 Å². The minimum atomic E-state index is -0.404. The third-order valence-electron chi connectivity index (χ3n) is 5.59. The van der Waals surface area contributed by atoms with Crippen LogP contribution in [0.2, 0.25) is 5.02 Å². The van der Waals surface area contributed by atoms with Crippen LogP contribution in [0.15, 0.2) is 70.2 Å². The summed E-state index contributed by atoms with van der Waals surface area (Å²) in [6, 6.07) is 20.2. The van der Waals surface area contributed by atoms with Gasteiger partial charge in [-0.3, -0.25) is 0 Å². The van der Waals surface area contributed by atoms with Gasteiger partial charge in [0.25, 0.3) is 0 Å². The first kappa shape index (κ1) is 19.5. The molecule has 2 aliphatic rings. The second-order valence-electron chi connectivity index (χ2n) is 7.55. The first-order valence-electron chi connectivity index (χ1n) is 9.76. The summed E-state index contributed by atoms with van der Waals surface area (Å²) in [5.41, 5.74) is 5.37. The van der Waals surface area contributed by atoms with Crippen molar-refractivity contribution in [1.29, 1.82) is 0 Å². The van der Waals surface area contributed by atoms with Gasteiger partial charge in [0.05, 0.1) is 24.4 Å². The fourth-order valence-corrected chi connectivity index (χ4v) is 4.64. The number of halogens is 2. The molecule has 0 spiro atoms. The minimum Gasteiger partial charge on any atom is -0.496 e. The number of aryl methyl sites for hydroxylation is 1. The Hall–Kier alpha value is -2.50. The second kappa shape index (κ2) is 7.64. The Labute approximate surface area is 189 Å². The van der Waals surface area contributed by atoms with E-state index in [0.717, 1.165) is 44.8 Å². The number of hydrogen-bond acceptors (Lipinski definition) is 4. The van der Waals surface area contributed by atoms with E-state index in [4.69, 9.17) is 26.2 Å². The van der Waals surface area contributed by atoms with E-state index >= 15 is 0 Å². The molecule has 0 bridgehead atoms. The first-order valence-corrected chi connectivity index (χ1v) is 10.9. The number of nitrogens with zero attached hydrogens (tertiary/aromatic N) is 2. The molecule has 0 saturated carbocycles. The third kappa shape index (κ3) is 3.36. The maximum absolute atomic E-state index is 6.45. The predicted octanol–water partition coefficient (Wildman–Crippen LogP) is 6.66. The van der Waals surface area contributed by atoms with E-state index in [1.807, 2.05) is 41.4 Å². The highest BCUT2D eigenvalue weighted by Gasteiger charge is 2.42. The summed E-state index contributed by atoms with van der Waals surface area (Å²) < 4.78 is 13.0. The highest BCUT2D eigenvalue weighted by molar-refractivity contribution is 9.10. The van der Waals surface area contributed by atoms with Crippen molar-refractivity contribution in [2.45, 2.75) is 25.6 Å². The van der Waals surface area contributed by atoms with Crippen LogP contribution in [0.1, 0.15) is 40.9 Å².